The van der Waals surface area contributed by atoms with Crippen LogP contribution in [0.15, 0.2) is 0 Å². The van der Waals surface area contributed by atoms with Gasteiger partial charge in [0.2, 0.25) is 0 Å². The Kier molecular flexibility index (Phi) is 3.00. The van der Waals surface area contributed by atoms with Gasteiger partial charge in [0.15, 0.2) is 0 Å². The predicted octanol–water partition coefficient (Wildman–Crippen LogP) is 1.75. The fourth-order valence-electron chi connectivity index (χ4n) is 1.79. The molecular weight excluding hydrogens is 174 g/mol. The molecule has 0 saturated carbocycles. The molecule has 80 valence electrons. The SMILES string of the molecule is CNCc1c(C)c(C(C)(C)C)nn1C. The number of hydrogen-bond acceptors (Lipinski definition) is 2. The van der Waals surface area contributed by atoms with E-state index in [1.54, 1.807) is 0 Å². The maximum Gasteiger partial charge on any atom is 0.0710 e. The molecular formula is C11H21N3. The minimum atomic E-state index is 0.133. The minimum absolute atomic E-state index is 0.133. The number of aryl methyl sites for hydroxylation is 1. The Morgan fingerprint density at radius 2 is 1.93 bits per heavy atom. The summed E-state index contributed by atoms with van der Waals surface area (Å²) in [5.74, 6) is 0. The van der Waals surface area contributed by atoms with Gasteiger partial charge in [-0.15, -0.1) is 0 Å². The summed E-state index contributed by atoms with van der Waals surface area (Å²) in [7, 11) is 3.97. The molecule has 0 aliphatic rings. The molecule has 0 atom stereocenters. The summed E-state index contributed by atoms with van der Waals surface area (Å²) in [5.41, 5.74) is 3.92. The van der Waals surface area contributed by atoms with Crippen LogP contribution in [0.25, 0.3) is 0 Å². The zero-order chi connectivity index (χ0) is 10.9. The minimum Gasteiger partial charge on any atom is -0.314 e. The van der Waals surface area contributed by atoms with Gasteiger partial charge in [0, 0.05) is 19.0 Å². The highest BCUT2D eigenvalue weighted by Gasteiger charge is 2.22. The summed E-state index contributed by atoms with van der Waals surface area (Å²) in [6.07, 6.45) is 0. The van der Waals surface area contributed by atoms with Gasteiger partial charge in [0.25, 0.3) is 0 Å². The highest BCUT2D eigenvalue weighted by molar-refractivity contribution is 5.29. The zero-order valence-electron chi connectivity index (χ0n) is 10.1. The summed E-state index contributed by atoms with van der Waals surface area (Å²) in [4.78, 5) is 0. The van der Waals surface area contributed by atoms with Crippen LogP contribution in [0.1, 0.15) is 37.7 Å². The number of aromatic nitrogens is 2. The van der Waals surface area contributed by atoms with Gasteiger partial charge in [-0.05, 0) is 19.5 Å². The molecule has 0 fully saturated rings. The fourth-order valence-corrected chi connectivity index (χ4v) is 1.79. The standard InChI is InChI=1S/C11H21N3/c1-8-9(7-12-5)14(6)13-10(8)11(2,3)4/h12H,7H2,1-6H3. The average Bonchev–Trinajstić information content (AvgIpc) is 2.31. The lowest BCUT2D eigenvalue weighted by Crippen LogP contribution is -2.13. The topological polar surface area (TPSA) is 29.9 Å². The second-order valence-corrected chi connectivity index (χ2v) is 4.82. The van der Waals surface area contributed by atoms with E-state index in [-0.39, 0.29) is 5.41 Å². The summed E-state index contributed by atoms with van der Waals surface area (Å²) in [6.45, 7) is 9.63. The molecule has 0 saturated heterocycles. The van der Waals surface area contributed by atoms with Gasteiger partial charge in [0.1, 0.15) is 0 Å². The molecule has 0 aliphatic carbocycles. The summed E-state index contributed by atoms with van der Waals surface area (Å²) < 4.78 is 1.98. The molecule has 0 spiro atoms. The van der Waals surface area contributed by atoms with Gasteiger partial charge in [-0.3, -0.25) is 4.68 Å². The van der Waals surface area contributed by atoms with Crippen molar-refractivity contribution in [2.45, 2.75) is 39.7 Å². The number of rotatable bonds is 2. The van der Waals surface area contributed by atoms with Crippen molar-refractivity contribution in [1.82, 2.24) is 15.1 Å². The Balaban J connectivity index is 3.17. The third-order valence-electron chi connectivity index (χ3n) is 2.48. The van der Waals surface area contributed by atoms with Crippen molar-refractivity contribution >= 4 is 0 Å². The lowest BCUT2D eigenvalue weighted by molar-refractivity contribution is 0.548. The van der Waals surface area contributed by atoms with Crippen molar-refractivity contribution in [3.8, 4) is 0 Å². The maximum absolute atomic E-state index is 4.58. The highest BCUT2D eigenvalue weighted by Crippen LogP contribution is 2.25. The summed E-state index contributed by atoms with van der Waals surface area (Å²) in [5, 5.41) is 7.75. The number of nitrogens with one attached hydrogen (secondary N) is 1. The van der Waals surface area contributed by atoms with Crippen LogP contribution < -0.4 is 5.32 Å². The molecule has 0 aliphatic heterocycles. The number of hydrogen-bond donors (Lipinski definition) is 1. The van der Waals surface area contributed by atoms with Crippen molar-refractivity contribution in [3.63, 3.8) is 0 Å². The van der Waals surface area contributed by atoms with E-state index >= 15 is 0 Å². The van der Waals surface area contributed by atoms with Crippen molar-refractivity contribution < 1.29 is 0 Å². The molecule has 1 aromatic rings. The van der Waals surface area contributed by atoms with Crippen molar-refractivity contribution in [1.29, 1.82) is 0 Å². The highest BCUT2D eigenvalue weighted by atomic mass is 15.3. The van der Waals surface area contributed by atoms with Crippen LogP contribution in [-0.4, -0.2) is 16.8 Å². The lowest BCUT2D eigenvalue weighted by atomic mass is 9.89. The third-order valence-corrected chi connectivity index (χ3v) is 2.48. The Labute approximate surface area is 86.5 Å². The monoisotopic (exact) mass is 195 g/mol. The second kappa shape index (κ2) is 3.73. The molecule has 1 aromatic heterocycles. The van der Waals surface area contributed by atoms with Gasteiger partial charge in [-0.1, -0.05) is 20.8 Å². The van der Waals surface area contributed by atoms with Crippen LogP contribution in [0.2, 0.25) is 0 Å². The van der Waals surface area contributed by atoms with E-state index in [9.17, 15) is 0 Å². The molecule has 0 aromatic carbocycles. The van der Waals surface area contributed by atoms with E-state index in [0.717, 1.165) is 6.54 Å². The fraction of sp³-hybridized carbons (Fsp3) is 0.727. The first-order chi connectivity index (χ1) is 6.38. The second-order valence-electron chi connectivity index (χ2n) is 4.82. The van der Waals surface area contributed by atoms with Crippen molar-refractivity contribution in [2.75, 3.05) is 7.05 Å². The smallest absolute Gasteiger partial charge is 0.0710 e. The molecule has 1 N–H and O–H groups in total. The molecule has 3 nitrogen and oxygen atoms in total. The molecule has 14 heavy (non-hydrogen) atoms. The quantitative estimate of drug-likeness (QED) is 0.779. The normalized spacial score (nSPS) is 12.1. The molecule has 0 bridgehead atoms. The van der Waals surface area contributed by atoms with E-state index in [0.29, 0.717) is 0 Å². The van der Waals surface area contributed by atoms with Gasteiger partial charge < -0.3 is 5.32 Å². The Hall–Kier alpha value is -0.830. The molecule has 3 heteroatoms. The molecule has 0 amide bonds. The van der Waals surface area contributed by atoms with Crippen LogP contribution in [0.3, 0.4) is 0 Å². The predicted molar refractivity (Wildman–Crippen MR) is 59.4 cm³/mol. The van der Waals surface area contributed by atoms with Crippen molar-refractivity contribution in [2.24, 2.45) is 7.05 Å². The van der Waals surface area contributed by atoms with E-state index in [2.05, 4.69) is 38.1 Å². The van der Waals surface area contributed by atoms with Crippen LogP contribution in [0.5, 0.6) is 0 Å². The van der Waals surface area contributed by atoms with Crippen molar-refractivity contribution in [3.05, 3.63) is 17.0 Å². The Morgan fingerprint density at radius 3 is 2.29 bits per heavy atom. The summed E-state index contributed by atoms with van der Waals surface area (Å²) in [6, 6.07) is 0. The van der Waals surface area contributed by atoms with Gasteiger partial charge >= 0.3 is 0 Å². The summed E-state index contributed by atoms with van der Waals surface area (Å²) >= 11 is 0. The van der Waals surface area contributed by atoms with E-state index in [4.69, 9.17) is 0 Å². The molecule has 0 unspecified atom stereocenters. The first kappa shape index (κ1) is 11.2. The largest absolute Gasteiger partial charge is 0.314 e. The van der Waals surface area contributed by atoms with Gasteiger partial charge in [-0.2, -0.15) is 5.10 Å². The Bertz CT molecular complexity index is 318. The zero-order valence-corrected chi connectivity index (χ0v) is 10.1. The van der Waals surface area contributed by atoms with Gasteiger partial charge in [-0.25, -0.2) is 0 Å². The molecule has 1 rings (SSSR count). The van der Waals surface area contributed by atoms with Gasteiger partial charge in [0.05, 0.1) is 11.4 Å². The first-order valence-corrected chi connectivity index (χ1v) is 5.05. The van der Waals surface area contributed by atoms with E-state index < -0.39 is 0 Å². The van der Waals surface area contributed by atoms with Crippen LogP contribution in [0.4, 0.5) is 0 Å². The van der Waals surface area contributed by atoms with E-state index in [1.165, 1.54) is 17.0 Å². The molecule has 0 radical (unpaired) electrons. The van der Waals surface area contributed by atoms with E-state index in [1.807, 2.05) is 18.8 Å². The van der Waals surface area contributed by atoms with Crippen LogP contribution in [-0.2, 0) is 19.0 Å². The Morgan fingerprint density at radius 1 is 1.36 bits per heavy atom. The maximum atomic E-state index is 4.58. The van der Waals surface area contributed by atoms with Crippen LogP contribution in [0, 0.1) is 6.92 Å². The first-order valence-electron chi connectivity index (χ1n) is 5.05. The van der Waals surface area contributed by atoms with Crippen LogP contribution >= 0.6 is 0 Å². The lowest BCUT2D eigenvalue weighted by Gasteiger charge is -2.16. The number of nitrogens with zero attached hydrogens (tertiary/aromatic N) is 2. The molecule has 1 heterocycles. The average molecular weight is 195 g/mol. The third kappa shape index (κ3) is 1.98.